The van der Waals surface area contributed by atoms with E-state index in [1.165, 1.54) is 20.3 Å². The van der Waals surface area contributed by atoms with Crippen LogP contribution in [0.1, 0.15) is 78.8 Å². The van der Waals surface area contributed by atoms with Gasteiger partial charge >= 0.3 is 5.97 Å². The minimum atomic E-state index is -0.903. The highest BCUT2D eigenvalue weighted by Crippen LogP contribution is 2.30. The van der Waals surface area contributed by atoms with Crippen LogP contribution in [0.4, 0.5) is 0 Å². The molecular weight excluding hydrogens is 795 g/mol. The maximum absolute atomic E-state index is 13.0. The van der Waals surface area contributed by atoms with Gasteiger partial charge in [-0.25, -0.2) is 9.78 Å². The summed E-state index contributed by atoms with van der Waals surface area (Å²) in [6, 6.07) is 0. The van der Waals surface area contributed by atoms with Crippen LogP contribution in [-0.2, 0) is 33.2 Å². The molecule has 1 aromatic rings. The van der Waals surface area contributed by atoms with Crippen molar-refractivity contribution in [2.75, 3.05) is 21.3 Å². The lowest BCUT2D eigenvalue weighted by atomic mass is 9.86. The standard InChI is InChI=1S/C49H71NO12/c1-31-21-15-11-14-18-26-43(54)62-45(35(5)40(53)28-34(4)51)32(2)22-16-12-13-17-24-39(52)29-42(56-8)36(6)48-50-38(30-59-48)23-19-20-25-41(33(3)27-31)61-49-47(58-10)46(57-9)44(55)37(7)60-49/h11-27,30,32-37,39-42,44-47,49,51-53,55H,28-29H2,1-10H3/b13-12-,14-11+,21-15+,22-16+,23-19+,24-17-,25-20+,26-18+,31-27-/t32-,33+,34+,35+,36-,37-,39-,40+,41-,42-,44-,45+,46+,47?,49-/m1/s1. The minimum absolute atomic E-state index is 0.141. The number of aliphatic hydroxyl groups is 4. The monoisotopic (exact) mass is 865 g/mol. The Morgan fingerprint density at radius 2 is 1.42 bits per heavy atom. The predicted octanol–water partition coefficient (Wildman–Crippen LogP) is 6.88. The molecule has 0 saturated carbocycles. The molecule has 4 N–H and O–H groups in total. The van der Waals surface area contributed by atoms with E-state index in [1.807, 2.05) is 76.3 Å². The number of oxazole rings is 1. The molecule has 15 atom stereocenters. The van der Waals surface area contributed by atoms with Crippen molar-refractivity contribution in [3.8, 4) is 0 Å². The summed E-state index contributed by atoms with van der Waals surface area (Å²) in [6.45, 7) is 13.0. The summed E-state index contributed by atoms with van der Waals surface area (Å²) in [5.41, 5.74) is 1.56. The van der Waals surface area contributed by atoms with Crippen LogP contribution in [0.15, 0.2) is 113 Å². The average Bonchev–Trinajstić information content (AvgIpc) is 3.71. The van der Waals surface area contributed by atoms with Gasteiger partial charge in [0.05, 0.1) is 42.5 Å². The Hall–Kier alpha value is -4.02. The maximum Gasteiger partial charge on any atom is 0.331 e. The molecule has 0 radical (unpaired) electrons. The Balaban J connectivity index is 1.96. The minimum Gasteiger partial charge on any atom is -0.458 e. The zero-order valence-electron chi connectivity index (χ0n) is 38.0. The largest absolute Gasteiger partial charge is 0.458 e. The van der Waals surface area contributed by atoms with Crippen molar-refractivity contribution in [1.82, 2.24) is 4.98 Å². The summed E-state index contributed by atoms with van der Waals surface area (Å²) in [6.07, 6.45) is 24.8. The number of hydrogen-bond donors (Lipinski definition) is 4. The number of cyclic esters (lactones) is 1. The molecule has 0 spiro atoms. The van der Waals surface area contributed by atoms with Crippen LogP contribution in [0, 0.1) is 17.8 Å². The summed E-state index contributed by atoms with van der Waals surface area (Å²) < 4.78 is 41.4. The van der Waals surface area contributed by atoms with Gasteiger partial charge in [-0.05, 0) is 33.3 Å². The second-order valence-electron chi connectivity index (χ2n) is 16.2. The molecule has 2 aliphatic rings. The summed E-state index contributed by atoms with van der Waals surface area (Å²) in [7, 11) is 4.63. The lowest BCUT2D eigenvalue weighted by Crippen LogP contribution is -2.59. The van der Waals surface area contributed by atoms with Gasteiger partial charge in [0, 0.05) is 51.6 Å². The third-order valence-electron chi connectivity index (χ3n) is 11.1. The second kappa shape index (κ2) is 27.2. The van der Waals surface area contributed by atoms with Crippen LogP contribution in [0.5, 0.6) is 0 Å². The third-order valence-corrected chi connectivity index (χ3v) is 11.1. The van der Waals surface area contributed by atoms with Crippen LogP contribution in [0.2, 0.25) is 0 Å². The van der Waals surface area contributed by atoms with E-state index in [9.17, 15) is 25.2 Å². The number of aliphatic hydroxyl groups excluding tert-OH is 4. The quantitative estimate of drug-likeness (QED) is 0.189. The average molecular weight is 866 g/mol. The van der Waals surface area contributed by atoms with E-state index in [0.29, 0.717) is 18.0 Å². The first-order valence-electron chi connectivity index (χ1n) is 21.4. The molecule has 1 unspecified atom stereocenters. The van der Waals surface area contributed by atoms with Crippen LogP contribution >= 0.6 is 0 Å². The first-order valence-corrected chi connectivity index (χ1v) is 21.4. The summed E-state index contributed by atoms with van der Waals surface area (Å²) in [4.78, 5) is 17.7. The second-order valence-corrected chi connectivity index (χ2v) is 16.2. The van der Waals surface area contributed by atoms with Crippen molar-refractivity contribution >= 4 is 12.0 Å². The fraction of sp³-hybridized carbons (Fsp3) is 0.551. The fourth-order valence-electron chi connectivity index (χ4n) is 7.36. The molecule has 62 heavy (non-hydrogen) atoms. The lowest BCUT2D eigenvalue weighted by Gasteiger charge is -2.43. The lowest BCUT2D eigenvalue weighted by molar-refractivity contribution is -0.310. The Morgan fingerprint density at radius 3 is 2.08 bits per heavy atom. The molecule has 13 heteroatoms. The van der Waals surface area contributed by atoms with E-state index in [-0.39, 0.29) is 30.3 Å². The number of allylic oxidation sites excluding steroid dienone is 12. The maximum atomic E-state index is 13.0. The zero-order valence-corrected chi connectivity index (χ0v) is 38.0. The van der Waals surface area contributed by atoms with Gasteiger partial charge in [-0.3, -0.25) is 0 Å². The first kappa shape index (κ1) is 52.3. The number of methoxy groups -OCH3 is 3. The molecular formula is C49H71NO12. The number of nitrogens with zero attached hydrogens (tertiary/aromatic N) is 1. The third kappa shape index (κ3) is 16.9. The molecule has 1 fully saturated rings. The van der Waals surface area contributed by atoms with Crippen molar-refractivity contribution in [1.29, 1.82) is 0 Å². The SMILES string of the molecule is COC1[C@@H](O[C@@H]2/C=C/C=C/c3coc(n3)[C@H](C)[C@H](OC)C[C@H](O)\C=C/C=C\C=C\[C@@H](C)[C@@H]([C@@H](C)[C@@H](O)C[C@H](C)O)OC(=O)/C=C/C=C/C=C/C(C)=C\[C@@H]2C)O[C@H](C)[C@@H](O)[C@@H]1OC. The van der Waals surface area contributed by atoms with Gasteiger partial charge in [0.1, 0.15) is 36.4 Å². The molecule has 3 rings (SSSR count). The van der Waals surface area contributed by atoms with Gasteiger partial charge in [-0.15, -0.1) is 0 Å². The smallest absolute Gasteiger partial charge is 0.331 e. The van der Waals surface area contributed by atoms with E-state index in [4.69, 9.17) is 32.8 Å². The highest BCUT2D eigenvalue weighted by atomic mass is 16.7. The van der Waals surface area contributed by atoms with Crippen molar-refractivity contribution in [3.63, 3.8) is 0 Å². The molecule has 0 aliphatic carbocycles. The Labute approximate surface area is 368 Å². The van der Waals surface area contributed by atoms with Crippen LogP contribution < -0.4 is 0 Å². The summed E-state index contributed by atoms with van der Waals surface area (Å²) in [5, 5.41) is 42.3. The van der Waals surface area contributed by atoms with Gasteiger partial charge in [0.25, 0.3) is 0 Å². The number of fused-ring (bicyclic) bond motifs is 2. The molecule has 3 heterocycles. The normalized spacial score (nSPS) is 37.7. The highest BCUT2D eigenvalue weighted by molar-refractivity contribution is 5.82. The van der Waals surface area contributed by atoms with Crippen LogP contribution in [0.25, 0.3) is 6.08 Å². The van der Waals surface area contributed by atoms with E-state index < -0.39 is 73.1 Å². The summed E-state index contributed by atoms with van der Waals surface area (Å²) in [5.74, 6) is -1.26. The van der Waals surface area contributed by atoms with Gasteiger partial charge in [0.2, 0.25) is 0 Å². The van der Waals surface area contributed by atoms with Gasteiger partial charge in [0.15, 0.2) is 12.2 Å². The molecule has 0 aromatic carbocycles. The van der Waals surface area contributed by atoms with Crippen LogP contribution in [0.3, 0.4) is 0 Å². The molecule has 1 saturated heterocycles. The number of aromatic nitrogens is 1. The number of esters is 1. The Morgan fingerprint density at radius 1 is 0.790 bits per heavy atom. The van der Waals surface area contributed by atoms with Crippen molar-refractivity contribution < 1.29 is 58.1 Å². The van der Waals surface area contributed by atoms with E-state index in [2.05, 4.69) is 11.1 Å². The predicted molar refractivity (Wildman–Crippen MR) is 240 cm³/mol. The molecule has 2 aliphatic heterocycles. The first-order chi connectivity index (χ1) is 29.6. The van der Waals surface area contributed by atoms with Gasteiger partial charge in [-0.2, -0.15) is 0 Å². The van der Waals surface area contributed by atoms with E-state index in [0.717, 1.165) is 5.57 Å². The number of carbonyl (C=O) groups excluding carboxylic acids is 1. The molecule has 2 bridgehead atoms. The van der Waals surface area contributed by atoms with Crippen molar-refractivity contribution in [2.24, 2.45) is 17.8 Å². The number of carbonyl (C=O) groups is 1. The Kier molecular flexibility index (Phi) is 23.0. The zero-order chi connectivity index (χ0) is 45.8. The van der Waals surface area contributed by atoms with Gasteiger partial charge in [-0.1, -0.05) is 124 Å². The van der Waals surface area contributed by atoms with E-state index in [1.54, 1.807) is 76.7 Å². The molecule has 0 amide bonds. The molecule has 13 nitrogen and oxygen atoms in total. The van der Waals surface area contributed by atoms with Crippen molar-refractivity contribution in [3.05, 3.63) is 121 Å². The number of hydrogen-bond acceptors (Lipinski definition) is 13. The molecule has 344 valence electrons. The highest BCUT2D eigenvalue weighted by Gasteiger charge is 2.46. The van der Waals surface area contributed by atoms with Gasteiger partial charge < -0.3 is 53.3 Å². The fourth-order valence-corrected chi connectivity index (χ4v) is 7.36. The van der Waals surface area contributed by atoms with E-state index >= 15 is 0 Å². The summed E-state index contributed by atoms with van der Waals surface area (Å²) >= 11 is 0. The number of ether oxygens (including phenoxy) is 6. The van der Waals surface area contributed by atoms with Crippen molar-refractivity contribution in [2.45, 2.75) is 135 Å². The topological polar surface area (TPSA) is 179 Å². The molecule has 1 aromatic heterocycles. The van der Waals surface area contributed by atoms with Crippen LogP contribution in [-0.4, -0.2) is 120 Å². The Bertz CT molecular complexity index is 1750. The number of rotatable bonds is 9.